The molecule has 1 heterocycles. The van der Waals surface area contributed by atoms with Crippen LogP contribution in [0.25, 0.3) is 0 Å². The Morgan fingerprint density at radius 1 is 1.55 bits per heavy atom. The van der Waals surface area contributed by atoms with E-state index in [1.807, 2.05) is 0 Å². The van der Waals surface area contributed by atoms with Crippen molar-refractivity contribution < 1.29 is 14.3 Å². The average Bonchev–Trinajstić information content (AvgIpc) is 2.91. The third kappa shape index (κ3) is 4.12. The van der Waals surface area contributed by atoms with E-state index in [9.17, 15) is 4.79 Å². The third-order valence-corrected chi connectivity index (χ3v) is 3.29. The summed E-state index contributed by atoms with van der Waals surface area (Å²) in [5, 5.41) is 3.31. The predicted molar refractivity (Wildman–Crippen MR) is 79.4 cm³/mol. The summed E-state index contributed by atoms with van der Waals surface area (Å²) in [6.07, 6.45) is 1.36. The Balaban J connectivity index is 1.95. The lowest BCUT2D eigenvalue weighted by Gasteiger charge is -2.13. The maximum atomic E-state index is 11.9. The fourth-order valence-corrected chi connectivity index (χ4v) is 2.19. The molecular weight excluding hydrogens is 278 g/mol. The van der Waals surface area contributed by atoms with Crippen molar-refractivity contribution in [3.8, 4) is 5.75 Å². The van der Waals surface area contributed by atoms with Gasteiger partial charge in [-0.05, 0) is 37.0 Å². The largest absolute Gasteiger partial charge is 0.492 e. The molecule has 0 aliphatic carbocycles. The molecule has 1 aliphatic rings. The molecule has 1 aromatic carbocycles. The zero-order valence-corrected chi connectivity index (χ0v) is 12.6. The first-order valence-electron chi connectivity index (χ1n) is 6.91. The minimum Gasteiger partial charge on any atom is -0.492 e. The lowest BCUT2D eigenvalue weighted by atomic mass is 10.2. The van der Waals surface area contributed by atoms with Crippen LogP contribution in [0, 0.1) is 5.92 Å². The Labute approximate surface area is 124 Å². The quantitative estimate of drug-likeness (QED) is 0.905. The van der Waals surface area contributed by atoms with Crippen LogP contribution in [0.3, 0.4) is 0 Å². The number of halogens is 1. The molecule has 1 fully saturated rings. The number of carbonyl (C=O) groups excluding carboxylic acids is 1. The Bertz CT molecular complexity index is 470. The highest BCUT2D eigenvalue weighted by Gasteiger charge is 2.23. The Morgan fingerprint density at radius 3 is 2.95 bits per heavy atom. The van der Waals surface area contributed by atoms with Gasteiger partial charge in [0.15, 0.2) is 0 Å². The smallest absolute Gasteiger partial charge is 0.253 e. The maximum absolute atomic E-state index is 11.9. The molecule has 1 amide bonds. The maximum Gasteiger partial charge on any atom is 0.253 e. The Hall–Kier alpha value is -1.26. The van der Waals surface area contributed by atoms with Gasteiger partial charge in [0.1, 0.15) is 11.9 Å². The van der Waals surface area contributed by atoms with E-state index in [2.05, 4.69) is 19.2 Å². The van der Waals surface area contributed by atoms with Crippen LogP contribution in [-0.2, 0) is 9.53 Å². The molecule has 1 saturated heterocycles. The summed E-state index contributed by atoms with van der Waals surface area (Å²) >= 11 is 6.15. The molecule has 0 unspecified atom stereocenters. The number of ether oxygens (including phenoxy) is 2. The van der Waals surface area contributed by atoms with Gasteiger partial charge in [-0.2, -0.15) is 0 Å². The van der Waals surface area contributed by atoms with Gasteiger partial charge in [-0.25, -0.2) is 0 Å². The van der Waals surface area contributed by atoms with E-state index in [0.29, 0.717) is 35.6 Å². The lowest BCUT2D eigenvalue weighted by molar-refractivity contribution is -0.124. The number of anilines is 1. The van der Waals surface area contributed by atoms with Crippen LogP contribution in [-0.4, -0.2) is 25.2 Å². The van der Waals surface area contributed by atoms with Crippen molar-refractivity contribution in [2.24, 2.45) is 5.92 Å². The second kappa shape index (κ2) is 6.95. The van der Waals surface area contributed by atoms with Crippen LogP contribution < -0.4 is 10.1 Å². The van der Waals surface area contributed by atoms with Gasteiger partial charge in [0, 0.05) is 12.3 Å². The van der Waals surface area contributed by atoms with E-state index in [0.717, 1.165) is 12.8 Å². The molecule has 5 heteroatoms. The van der Waals surface area contributed by atoms with E-state index in [1.165, 1.54) is 0 Å². The van der Waals surface area contributed by atoms with Crippen LogP contribution in [0.15, 0.2) is 18.2 Å². The molecule has 1 atom stereocenters. The molecular formula is C15H20ClNO3. The topological polar surface area (TPSA) is 47.6 Å². The van der Waals surface area contributed by atoms with E-state index in [1.54, 1.807) is 18.2 Å². The predicted octanol–water partition coefficient (Wildman–Crippen LogP) is 3.49. The highest BCUT2D eigenvalue weighted by molar-refractivity contribution is 6.32. The molecule has 2 rings (SSSR count). The van der Waals surface area contributed by atoms with Gasteiger partial charge in [-0.1, -0.05) is 25.4 Å². The molecule has 0 saturated carbocycles. The number of rotatable bonds is 5. The van der Waals surface area contributed by atoms with Crippen molar-refractivity contribution in [3.05, 3.63) is 23.2 Å². The molecule has 1 N–H and O–H groups in total. The zero-order chi connectivity index (χ0) is 14.5. The SMILES string of the molecule is CC(C)COc1ccc(NC(=O)[C@H]2CCCO2)cc1Cl. The summed E-state index contributed by atoms with van der Waals surface area (Å²) in [4.78, 5) is 11.9. The Morgan fingerprint density at radius 2 is 2.35 bits per heavy atom. The van der Waals surface area contributed by atoms with Gasteiger partial charge in [0.2, 0.25) is 0 Å². The molecule has 0 bridgehead atoms. The average molecular weight is 298 g/mol. The fraction of sp³-hybridized carbons (Fsp3) is 0.533. The normalized spacial score (nSPS) is 18.3. The number of nitrogens with one attached hydrogen (secondary N) is 1. The summed E-state index contributed by atoms with van der Waals surface area (Å²) in [5.74, 6) is 0.954. The van der Waals surface area contributed by atoms with Crippen LogP contribution in [0.1, 0.15) is 26.7 Å². The van der Waals surface area contributed by atoms with E-state index in [4.69, 9.17) is 21.1 Å². The molecule has 0 aromatic heterocycles. The van der Waals surface area contributed by atoms with Crippen molar-refractivity contribution in [3.63, 3.8) is 0 Å². The van der Waals surface area contributed by atoms with Gasteiger partial charge in [0.05, 0.1) is 11.6 Å². The standard InChI is InChI=1S/C15H20ClNO3/c1-10(2)9-20-13-6-5-11(8-12(13)16)17-15(18)14-4-3-7-19-14/h5-6,8,10,14H,3-4,7,9H2,1-2H3,(H,17,18)/t14-/m1/s1. The first kappa shape index (κ1) is 15.1. The molecule has 4 nitrogen and oxygen atoms in total. The van der Waals surface area contributed by atoms with Gasteiger partial charge in [-0.15, -0.1) is 0 Å². The summed E-state index contributed by atoms with van der Waals surface area (Å²) in [6, 6.07) is 5.26. The minimum absolute atomic E-state index is 0.116. The molecule has 1 aliphatic heterocycles. The number of benzene rings is 1. The summed E-state index contributed by atoms with van der Waals surface area (Å²) in [6.45, 7) is 5.41. The van der Waals surface area contributed by atoms with Crippen molar-refractivity contribution in [2.75, 3.05) is 18.5 Å². The second-order valence-electron chi connectivity index (χ2n) is 5.34. The number of carbonyl (C=O) groups is 1. The number of amides is 1. The highest BCUT2D eigenvalue weighted by Crippen LogP contribution is 2.28. The van der Waals surface area contributed by atoms with Gasteiger partial charge in [0.25, 0.3) is 5.91 Å². The zero-order valence-electron chi connectivity index (χ0n) is 11.8. The van der Waals surface area contributed by atoms with Crippen LogP contribution in [0.5, 0.6) is 5.75 Å². The second-order valence-corrected chi connectivity index (χ2v) is 5.75. The van der Waals surface area contributed by atoms with Crippen LogP contribution in [0.2, 0.25) is 5.02 Å². The fourth-order valence-electron chi connectivity index (χ4n) is 1.96. The van der Waals surface area contributed by atoms with Crippen LogP contribution >= 0.6 is 11.6 Å². The van der Waals surface area contributed by atoms with Gasteiger partial charge in [-0.3, -0.25) is 4.79 Å². The highest BCUT2D eigenvalue weighted by atomic mass is 35.5. The summed E-state index contributed by atoms with van der Waals surface area (Å²) < 4.78 is 10.9. The third-order valence-electron chi connectivity index (χ3n) is 2.99. The van der Waals surface area contributed by atoms with Crippen molar-refractivity contribution >= 4 is 23.2 Å². The lowest BCUT2D eigenvalue weighted by Crippen LogP contribution is -2.26. The number of hydrogen-bond donors (Lipinski definition) is 1. The molecule has 1 aromatic rings. The minimum atomic E-state index is -0.342. The molecule has 0 radical (unpaired) electrons. The summed E-state index contributed by atoms with van der Waals surface area (Å²) in [7, 11) is 0. The Kier molecular flexibility index (Phi) is 5.26. The molecule has 20 heavy (non-hydrogen) atoms. The monoisotopic (exact) mass is 297 g/mol. The molecule has 110 valence electrons. The summed E-state index contributed by atoms with van der Waals surface area (Å²) in [5.41, 5.74) is 0.660. The van der Waals surface area contributed by atoms with E-state index >= 15 is 0 Å². The number of hydrogen-bond acceptors (Lipinski definition) is 3. The van der Waals surface area contributed by atoms with Gasteiger partial charge >= 0.3 is 0 Å². The van der Waals surface area contributed by atoms with Crippen molar-refractivity contribution in [2.45, 2.75) is 32.8 Å². The van der Waals surface area contributed by atoms with E-state index < -0.39 is 0 Å². The first-order chi connectivity index (χ1) is 9.56. The first-order valence-corrected chi connectivity index (χ1v) is 7.29. The van der Waals surface area contributed by atoms with E-state index in [-0.39, 0.29) is 12.0 Å². The van der Waals surface area contributed by atoms with Crippen molar-refractivity contribution in [1.82, 2.24) is 0 Å². The van der Waals surface area contributed by atoms with Crippen molar-refractivity contribution in [1.29, 1.82) is 0 Å². The van der Waals surface area contributed by atoms with Crippen LogP contribution in [0.4, 0.5) is 5.69 Å². The molecule has 0 spiro atoms. The van der Waals surface area contributed by atoms with Gasteiger partial charge < -0.3 is 14.8 Å².